The molecule has 0 saturated heterocycles. The van der Waals surface area contributed by atoms with Crippen LogP contribution in [-0.4, -0.2) is 23.1 Å². The van der Waals surface area contributed by atoms with Crippen LogP contribution in [-0.2, 0) is 11.3 Å². The third-order valence-corrected chi connectivity index (χ3v) is 4.78. The molecule has 0 bridgehead atoms. The standard InChI is InChI=1S/C17H18BrNO2S/c1-2-19(12-15-4-3-11-22-15)17(21)10-9-16(20)13-5-7-14(18)8-6-13/h3-8,11H,2,9-10,12H2,1H3. The molecule has 0 aliphatic rings. The fourth-order valence-corrected chi connectivity index (χ4v) is 3.11. The maximum absolute atomic E-state index is 12.3. The van der Waals surface area contributed by atoms with E-state index in [9.17, 15) is 9.59 Å². The molecule has 116 valence electrons. The lowest BCUT2D eigenvalue weighted by Gasteiger charge is -2.20. The Bertz CT molecular complexity index is 623. The molecule has 0 aliphatic carbocycles. The zero-order chi connectivity index (χ0) is 15.9. The number of nitrogens with zero attached hydrogens (tertiary/aromatic N) is 1. The molecule has 0 saturated carbocycles. The van der Waals surface area contributed by atoms with Crippen LogP contribution in [0.15, 0.2) is 46.3 Å². The summed E-state index contributed by atoms with van der Waals surface area (Å²) >= 11 is 4.98. The van der Waals surface area contributed by atoms with E-state index >= 15 is 0 Å². The minimum atomic E-state index is 0.00743. The number of hydrogen-bond donors (Lipinski definition) is 0. The number of ketones is 1. The first-order valence-electron chi connectivity index (χ1n) is 7.19. The van der Waals surface area contributed by atoms with Gasteiger partial charge in [0.2, 0.25) is 5.91 Å². The minimum Gasteiger partial charge on any atom is -0.338 e. The molecular formula is C17H18BrNO2S. The molecule has 2 rings (SSSR count). The summed E-state index contributed by atoms with van der Waals surface area (Å²) in [5.74, 6) is 0.0365. The smallest absolute Gasteiger partial charge is 0.223 e. The Morgan fingerprint density at radius 2 is 1.86 bits per heavy atom. The predicted octanol–water partition coefficient (Wildman–Crippen LogP) is 4.52. The minimum absolute atomic E-state index is 0.00743. The number of carbonyl (C=O) groups is 2. The lowest BCUT2D eigenvalue weighted by atomic mass is 10.1. The van der Waals surface area contributed by atoms with Crippen LogP contribution in [0.5, 0.6) is 0 Å². The number of carbonyl (C=O) groups excluding carboxylic acids is 2. The summed E-state index contributed by atoms with van der Waals surface area (Å²) in [6, 6.07) is 11.2. The first-order chi connectivity index (χ1) is 10.6. The van der Waals surface area contributed by atoms with Crippen molar-refractivity contribution in [2.24, 2.45) is 0 Å². The molecule has 1 heterocycles. The summed E-state index contributed by atoms with van der Waals surface area (Å²) in [7, 11) is 0. The van der Waals surface area contributed by atoms with Gasteiger partial charge in [0.05, 0.1) is 6.54 Å². The van der Waals surface area contributed by atoms with Crippen LogP contribution in [0.2, 0.25) is 0 Å². The second-order valence-electron chi connectivity index (χ2n) is 4.92. The average molecular weight is 380 g/mol. The second-order valence-corrected chi connectivity index (χ2v) is 6.87. The highest BCUT2D eigenvalue weighted by molar-refractivity contribution is 9.10. The van der Waals surface area contributed by atoms with E-state index < -0.39 is 0 Å². The van der Waals surface area contributed by atoms with Crippen molar-refractivity contribution in [1.82, 2.24) is 4.90 Å². The Balaban J connectivity index is 1.87. The van der Waals surface area contributed by atoms with Crippen molar-refractivity contribution in [3.8, 4) is 0 Å². The van der Waals surface area contributed by atoms with Gasteiger partial charge in [-0.05, 0) is 30.5 Å². The number of amides is 1. The van der Waals surface area contributed by atoms with E-state index in [1.165, 1.54) is 0 Å². The van der Waals surface area contributed by atoms with Crippen molar-refractivity contribution in [2.45, 2.75) is 26.3 Å². The van der Waals surface area contributed by atoms with E-state index in [1.807, 2.05) is 36.6 Å². The SMILES string of the molecule is CCN(Cc1cccs1)C(=O)CCC(=O)c1ccc(Br)cc1. The van der Waals surface area contributed by atoms with Crippen molar-refractivity contribution in [3.63, 3.8) is 0 Å². The highest BCUT2D eigenvalue weighted by Gasteiger charge is 2.15. The largest absolute Gasteiger partial charge is 0.338 e. The maximum Gasteiger partial charge on any atom is 0.223 e. The molecule has 0 atom stereocenters. The average Bonchev–Trinajstić information content (AvgIpc) is 3.03. The number of hydrogen-bond acceptors (Lipinski definition) is 3. The normalized spacial score (nSPS) is 10.5. The quantitative estimate of drug-likeness (QED) is 0.663. The van der Waals surface area contributed by atoms with Crippen LogP contribution in [0.3, 0.4) is 0 Å². The molecule has 0 N–H and O–H groups in total. The van der Waals surface area contributed by atoms with E-state index in [-0.39, 0.29) is 24.5 Å². The molecule has 22 heavy (non-hydrogen) atoms. The molecule has 0 spiro atoms. The van der Waals surface area contributed by atoms with Crippen LogP contribution in [0.25, 0.3) is 0 Å². The summed E-state index contributed by atoms with van der Waals surface area (Å²) in [5, 5.41) is 2.00. The number of rotatable bonds is 7. The van der Waals surface area contributed by atoms with E-state index in [2.05, 4.69) is 15.9 Å². The number of Topliss-reactive ketones (excluding diaryl/α,β-unsaturated/α-hetero) is 1. The Labute approximate surface area is 143 Å². The van der Waals surface area contributed by atoms with Gasteiger partial charge in [0.15, 0.2) is 5.78 Å². The Morgan fingerprint density at radius 1 is 1.14 bits per heavy atom. The van der Waals surface area contributed by atoms with Crippen molar-refractivity contribution in [3.05, 3.63) is 56.7 Å². The molecule has 0 radical (unpaired) electrons. The molecule has 0 aliphatic heterocycles. The van der Waals surface area contributed by atoms with Gasteiger partial charge in [-0.2, -0.15) is 0 Å². The maximum atomic E-state index is 12.3. The Kier molecular flexibility index (Phi) is 6.34. The predicted molar refractivity (Wildman–Crippen MR) is 93.1 cm³/mol. The third-order valence-electron chi connectivity index (χ3n) is 3.39. The van der Waals surface area contributed by atoms with Gasteiger partial charge in [0, 0.05) is 34.3 Å². The highest BCUT2D eigenvalue weighted by Crippen LogP contribution is 2.15. The van der Waals surface area contributed by atoms with Gasteiger partial charge in [-0.3, -0.25) is 9.59 Å². The van der Waals surface area contributed by atoms with Crippen LogP contribution >= 0.6 is 27.3 Å². The van der Waals surface area contributed by atoms with Gasteiger partial charge in [0.1, 0.15) is 0 Å². The van der Waals surface area contributed by atoms with Gasteiger partial charge in [-0.25, -0.2) is 0 Å². The van der Waals surface area contributed by atoms with E-state index in [0.29, 0.717) is 18.7 Å². The van der Waals surface area contributed by atoms with Crippen LogP contribution in [0.1, 0.15) is 35.0 Å². The van der Waals surface area contributed by atoms with Gasteiger partial charge in [0.25, 0.3) is 0 Å². The van der Waals surface area contributed by atoms with E-state index in [4.69, 9.17) is 0 Å². The van der Waals surface area contributed by atoms with Crippen molar-refractivity contribution in [1.29, 1.82) is 0 Å². The van der Waals surface area contributed by atoms with Crippen molar-refractivity contribution in [2.75, 3.05) is 6.54 Å². The van der Waals surface area contributed by atoms with E-state index in [1.54, 1.807) is 28.4 Å². The number of thiophene rings is 1. The fourth-order valence-electron chi connectivity index (χ4n) is 2.13. The highest BCUT2D eigenvalue weighted by atomic mass is 79.9. The summed E-state index contributed by atoms with van der Waals surface area (Å²) < 4.78 is 0.938. The molecule has 2 aromatic rings. The third kappa shape index (κ3) is 4.78. The monoisotopic (exact) mass is 379 g/mol. The molecule has 5 heteroatoms. The van der Waals surface area contributed by atoms with Gasteiger partial charge in [-0.15, -0.1) is 11.3 Å². The molecule has 1 aromatic heterocycles. The Hall–Kier alpha value is -1.46. The van der Waals surface area contributed by atoms with Crippen LogP contribution in [0, 0.1) is 0 Å². The number of benzene rings is 1. The Morgan fingerprint density at radius 3 is 2.45 bits per heavy atom. The number of halogens is 1. The topological polar surface area (TPSA) is 37.4 Å². The molecule has 1 aromatic carbocycles. The first-order valence-corrected chi connectivity index (χ1v) is 8.86. The second kappa shape index (κ2) is 8.25. The lowest BCUT2D eigenvalue weighted by Crippen LogP contribution is -2.30. The zero-order valence-corrected chi connectivity index (χ0v) is 14.8. The summed E-state index contributed by atoms with van der Waals surface area (Å²) in [6.07, 6.45) is 0.509. The van der Waals surface area contributed by atoms with E-state index in [0.717, 1.165) is 9.35 Å². The van der Waals surface area contributed by atoms with Crippen molar-refractivity contribution >= 4 is 39.0 Å². The summed E-state index contributed by atoms with van der Waals surface area (Å²) in [4.78, 5) is 27.3. The van der Waals surface area contributed by atoms with Crippen LogP contribution in [0.4, 0.5) is 0 Å². The van der Waals surface area contributed by atoms with Crippen molar-refractivity contribution < 1.29 is 9.59 Å². The molecule has 0 fully saturated rings. The van der Waals surface area contributed by atoms with Gasteiger partial charge >= 0.3 is 0 Å². The van der Waals surface area contributed by atoms with Crippen LogP contribution < -0.4 is 0 Å². The molecular weight excluding hydrogens is 362 g/mol. The van der Waals surface area contributed by atoms with Gasteiger partial charge < -0.3 is 4.90 Å². The molecule has 1 amide bonds. The van der Waals surface area contributed by atoms with Gasteiger partial charge in [-0.1, -0.05) is 34.1 Å². The molecule has 0 unspecified atom stereocenters. The first kappa shape index (κ1) is 16.9. The summed E-state index contributed by atoms with van der Waals surface area (Å²) in [5.41, 5.74) is 0.650. The summed E-state index contributed by atoms with van der Waals surface area (Å²) in [6.45, 7) is 3.24. The zero-order valence-electron chi connectivity index (χ0n) is 12.4. The fraction of sp³-hybridized carbons (Fsp3) is 0.294. The molecule has 3 nitrogen and oxygen atoms in total. The lowest BCUT2D eigenvalue weighted by molar-refractivity contribution is -0.131.